The molecule has 2 N–H and O–H groups in total. The van der Waals surface area contributed by atoms with Crippen LogP contribution in [0.15, 0.2) is 52.3 Å². The summed E-state index contributed by atoms with van der Waals surface area (Å²) in [6.07, 6.45) is 4.26. The van der Waals surface area contributed by atoms with Gasteiger partial charge in [-0.1, -0.05) is 18.2 Å². The molecule has 5 heteroatoms. The van der Waals surface area contributed by atoms with Crippen molar-refractivity contribution in [1.82, 2.24) is 15.2 Å². The molecule has 0 aliphatic carbocycles. The molecule has 0 fully saturated rings. The quantitative estimate of drug-likeness (QED) is 0.406. The highest BCUT2D eigenvalue weighted by Gasteiger charge is 2.07. The SMILES string of the molecule is CN=C(NCCCc1c[nH]c2ccccc12)N(C)Cc1ccsc1. The number of nitrogens with one attached hydrogen (secondary N) is 2. The monoisotopic (exact) mass is 340 g/mol. The lowest BCUT2D eigenvalue weighted by Crippen LogP contribution is -2.38. The van der Waals surface area contributed by atoms with Crippen LogP contribution < -0.4 is 5.32 Å². The summed E-state index contributed by atoms with van der Waals surface area (Å²) in [5.41, 5.74) is 3.92. The summed E-state index contributed by atoms with van der Waals surface area (Å²) < 4.78 is 0. The van der Waals surface area contributed by atoms with E-state index in [0.717, 1.165) is 31.9 Å². The number of aryl methyl sites for hydroxylation is 1. The molecule has 0 saturated heterocycles. The minimum Gasteiger partial charge on any atom is -0.361 e. The number of fused-ring (bicyclic) bond motifs is 1. The van der Waals surface area contributed by atoms with Crippen molar-refractivity contribution < 1.29 is 0 Å². The number of benzene rings is 1. The zero-order chi connectivity index (χ0) is 16.8. The Kier molecular flexibility index (Phi) is 5.54. The van der Waals surface area contributed by atoms with Crippen LogP contribution in [0, 0.1) is 0 Å². The number of thiophene rings is 1. The van der Waals surface area contributed by atoms with E-state index in [0.29, 0.717) is 0 Å². The average molecular weight is 340 g/mol. The molecule has 126 valence electrons. The van der Waals surface area contributed by atoms with Crippen LogP contribution in [0.5, 0.6) is 0 Å². The van der Waals surface area contributed by atoms with Gasteiger partial charge in [0.2, 0.25) is 0 Å². The predicted molar refractivity (Wildman–Crippen MR) is 104 cm³/mol. The Labute approximate surface area is 147 Å². The number of hydrogen-bond donors (Lipinski definition) is 2. The van der Waals surface area contributed by atoms with Gasteiger partial charge in [0.15, 0.2) is 5.96 Å². The minimum atomic E-state index is 0.881. The Bertz CT molecular complexity index is 789. The van der Waals surface area contributed by atoms with E-state index in [1.807, 2.05) is 7.05 Å². The van der Waals surface area contributed by atoms with Gasteiger partial charge in [0.1, 0.15) is 0 Å². The van der Waals surface area contributed by atoms with E-state index in [-0.39, 0.29) is 0 Å². The van der Waals surface area contributed by atoms with Gasteiger partial charge in [0, 0.05) is 44.3 Å². The summed E-state index contributed by atoms with van der Waals surface area (Å²) in [5, 5.41) is 9.08. The molecule has 3 rings (SSSR count). The Balaban J connectivity index is 1.48. The highest BCUT2D eigenvalue weighted by molar-refractivity contribution is 7.07. The maximum absolute atomic E-state index is 4.38. The molecule has 24 heavy (non-hydrogen) atoms. The van der Waals surface area contributed by atoms with Crippen molar-refractivity contribution in [2.24, 2.45) is 4.99 Å². The van der Waals surface area contributed by atoms with E-state index in [1.54, 1.807) is 11.3 Å². The van der Waals surface area contributed by atoms with Crippen molar-refractivity contribution in [3.8, 4) is 0 Å². The molecule has 1 aromatic carbocycles. The molecule has 0 saturated carbocycles. The van der Waals surface area contributed by atoms with Crippen molar-refractivity contribution >= 4 is 28.2 Å². The van der Waals surface area contributed by atoms with Crippen molar-refractivity contribution in [1.29, 1.82) is 0 Å². The van der Waals surface area contributed by atoms with E-state index in [9.17, 15) is 0 Å². The zero-order valence-electron chi connectivity index (χ0n) is 14.2. The first kappa shape index (κ1) is 16.6. The summed E-state index contributed by atoms with van der Waals surface area (Å²) in [7, 11) is 3.92. The van der Waals surface area contributed by atoms with E-state index in [2.05, 4.69) is 74.5 Å². The van der Waals surface area contributed by atoms with Crippen LogP contribution in [0.3, 0.4) is 0 Å². The van der Waals surface area contributed by atoms with E-state index >= 15 is 0 Å². The number of rotatable bonds is 6. The average Bonchev–Trinajstić information content (AvgIpc) is 3.25. The van der Waals surface area contributed by atoms with Crippen LogP contribution in [0.4, 0.5) is 0 Å². The molecular formula is C19H24N4S. The number of aromatic nitrogens is 1. The summed E-state index contributed by atoms with van der Waals surface area (Å²) in [4.78, 5) is 9.88. The standard InChI is InChI=1S/C19H24N4S/c1-20-19(23(2)13-15-9-11-24-14-15)21-10-5-6-16-12-22-18-8-4-3-7-17(16)18/h3-4,7-9,11-12,14,22H,5-6,10,13H2,1-2H3,(H,20,21). The predicted octanol–water partition coefficient (Wildman–Crippen LogP) is 3.87. The first-order chi connectivity index (χ1) is 11.8. The fourth-order valence-electron chi connectivity index (χ4n) is 2.93. The Hall–Kier alpha value is -2.27. The molecule has 0 unspecified atom stereocenters. The van der Waals surface area contributed by atoms with Crippen LogP contribution in [0.1, 0.15) is 17.5 Å². The van der Waals surface area contributed by atoms with Gasteiger partial charge in [-0.25, -0.2) is 0 Å². The lowest BCUT2D eigenvalue weighted by atomic mass is 10.1. The first-order valence-electron chi connectivity index (χ1n) is 8.26. The van der Waals surface area contributed by atoms with E-state index in [4.69, 9.17) is 0 Å². The number of nitrogens with zero attached hydrogens (tertiary/aromatic N) is 2. The molecule has 0 radical (unpaired) electrons. The summed E-state index contributed by atoms with van der Waals surface area (Å²) in [5.74, 6) is 0.945. The molecule has 0 aliphatic heterocycles. The van der Waals surface area contributed by atoms with E-state index < -0.39 is 0 Å². The van der Waals surface area contributed by atoms with E-state index in [1.165, 1.54) is 22.0 Å². The van der Waals surface area contributed by atoms with Gasteiger partial charge in [0.25, 0.3) is 0 Å². The molecular weight excluding hydrogens is 316 g/mol. The summed E-state index contributed by atoms with van der Waals surface area (Å²) in [6.45, 7) is 1.80. The first-order valence-corrected chi connectivity index (χ1v) is 9.20. The number of H-pyrrole nitrogens is 1. The molecule has 0 spiro atoms. The van der Waals surface area contributed by atoms with Crippen molar-refractivity contribution in [3.63, 3.8) is 0 Å². The number of aromatic amines is 1. The second kappa shape index (κ2) is 8.02. The fourth-order valence-corrected chi connectivity index (χ4v) is 3.59. The number of para-hydroxylation sites is 1. The van der Waals surface area contributed by atoms with Gasteiger partial charge in [-0.05, 0) is 46.9 Å². The molecule has 2 heterocycles. The van der Waals surface area contributed by atoms with Crippen LogP contribution in [-0.4, -0.2) is 36.5 Å². The Morgan fingerprint density at radius 2 is 2.17 bits per heavy atom. The lowest BCUT2D eigenvalue weighted by molar-refractivity contribution is 0.476. The van der Waals surface area contributed by atoms with Crippen LogP contribution in [-0.2, 0) is 13.0 Å². The van der Waals surface area contributed by atoms with Crippen molar-refractivity contribution in [3.05, 3.63) is 58.4 Å². The number of guanidine groups is 1. The summed E-state index contributed by atoms with van der Waals surface area (Å²) >= 11 is 1.73. The van der Waals surface area contributed by atoms with Crippen LogP contribution in [0.2, 0.25) is 0 Å². The second-order valence-corrected chi connectivity index (χ2v) is 6.70. The fraction of sp³-hybridized carbons (Fsp3) is 0.316. The van der Waals surface area contributed by atoms with Gasteiger partial charge in [-0.2, -0.15) is 11.3 Å². The van der Waals surface area contributed by atoms with Gasteiger partial charge in [0.05, 0.1) is 0 Å². The number of aliphatic imine (C=N–C) groups is 1. The molecule has 0 aliphatic rings. The third kappa shape index (κ3) is 3.97. The van der Waals surface area contributed by atoms with Crippen LogP contribution >= 0.6 is 11.3 Å². The topological polar surface area (TPSA) is 43.4 Å². The van der Waals surface area contributed by atoms with Gasteiger partial charge >= 0.3 is 0 Å². The molecule has 4 nitrogen and oxygen atoms in total. The minimum absolute atomic E-state index is 0.881. The third-order valence-corrected chi connectivity index (χ3v) is 4.89. The summed E-state index contributed by atoms with van der Waals surface area (Å²) in [6, 6.07) is 10.6. The normalized spacial score (nSPS) is 11.8. The smallest absolute Gasteiger partial charge is 0.193 e. The molecule has 3 aromatic rings. The molecule has 2 aromatic heterocycles. The molecule has 0 amide bonds. The zero-order valence-corrected chi connectivity index (χ0v) is 15.1. The highest BCUT2D eigenvalue weighted by Crippen LogP contribution is 2.18. The van der Waals surface area contributed by atoms with Gasteiger partial charge in [-0.3, -0.25) is 4.99 Å². The van der Waals surface area contributed by atoms with Gasteiger partial charge in [-0.15, -0.1) is 0 Å². The van der Waals surface area contributed by atoms with Gasteiger partial charge < -0.3 is 15.2 Å². The Morgan fingerprint density at radius 1 is 1.29 bits per heavy atom. The molecule has 0 atom stereocenters. The van der Waals surface area contributed by atoms with Crippen molar-refractivity contribution in [2.45, 2.75) is 19.4 Å². The van der Waals surface area contributed by atoms with Crippen molar-refractivity contribution in [2.75, 3.05) is 20.6 Å². The molecule has 0 bridgehead atoms. The van der Waals surface area contributed by atoms with Crippen LogP contribution in [0.25, 0.3) is 10.9 Å². The third-order valence-electron chi connectivity index (χ3n) is 4.15. The maximum Gasteiger partial charge on any atom is 0.193 e. The lowest BCUT2D eigenvalue weighted by Gasteiger charge is -2.21. The second-order valence-electron chi connectivity index (χ2n) is 5.92. The largest absolute Gasteiger partial charge is 0.361 e. The number of hydrogen-bond acceptors (Lipinski definition) is 2. The highest BCUT2D eigenvalue weighted by atomic mass is 32.1. The maximum atomic E-state index is 4.38. The Morgan fingerprint density at radius 3 is 2.96 bits per heavy atom.